The molecule has 0 unspecified atom stereocenters. The first-order chi connectivity index (χ1) is 9.41. The summed E-state index contributed by atoms with van der Waals surface area (Å²) in [6.45, 7) is 7.93. The Kier molecular flexibility index (Phi) is 10.2. The first-order valence-corrected chi connectivity index (χ1v) is 7.06. The van der Waals surface area contributed by atoms with Gasteiger partial charge in [0.25, 0.3) is 0 Å². The highest BCUT2D eigenvalue weighted by atomic mass is 16.2. The van der Waals surface area contributed by atoms with Gasteiger partial charge in [-0.25, -0.2) is 10.9 Å². The van der Waals surface area contributed by atoms with Gasteiger partial charge in [0.15, 0.2) is 0 Å². The second kappa shape index (κ2) is 11.1. The minimum absolute atomic E-state index is 0.125. The maximum absolute atomic E-state index is 11.4. The Morgan fingerprint density at radius 1 is 0.850 bits per heavy atom. The van der Waals surface area contributed by atoms with E-state index < -0.39 is 0 Å². The van der Waals surface area contributed by atoms with Gasteiger partial charge in [-0.15, -0.1) is 0 Å². The lowest BCUT2D eigenvalue weighted by molar-refractivity contribution is -0.123. The van der Waals surface area contributed by atoms with Gasteiger partial charge in [0, 0.05) is 25.3 Å². The third-order valence-electron chi connectivity index (χ3n) is 2.18. The number of hydrazone groups is 2. The number of nitrogens with one attached hydrogen (secondary N) is 2. The molecule has 114 valence electrons. The van der Waals surface area contributed by atoms with Crippen LogP contribution in [0.25, 0.3) is 0 Å². The van der Waals surface area contributed by atoms with E-state index in [0.717, 1.165) is 0 Å². The molecule has 0 radical (unpaired) electrons. The molecule has 0 aromatic carbocycles. The molecule has 2 amide bonds. The molecule has 0 atom stereocenters. The van der Waals surface area contributed by atoms with Crippen LogP contribution in [0.15, 0.2) is 10.2 Å². The smallest absolute Gasteiger partial charge is 0.240 e. The molecule has 0 heterocycles. The van der Waals surface area contributed by atoms with Crippen molar-refractivity contribution in [2.24, 2.45) is 22.0 Å². The number of hydrogen-bond donors (Lipinski definition) is 2. The number of rotatable bonds is 9. The number of nitrogens with zero attached hydrogens (tertiary/aromatic N) is 2. The summed E-state index contributed by atoms with van der Waals surface area (Å²) in [5.74, 6) is 0.371. The summed E-state index contributed by atoms with van der Waals surface area (Å²) < 4.78 is 0. The van der Waals surface area contributed by atoms with Crippen LogP contribution in [-0.2, 0) is 9.59 Å². The topological polar surface area (TPSA) is 82.9 Å². The van der Waals surface area contributed by atoms with E-state index in [-0.39, 0.29) is 11.8 Å². The molecule has 0 fully saturated rings. The molecule has 0 aromatic rings. The van der Waals surface area contributed by atoms with Crippen molar-refractivity contribution < 1.29 is 9.59 Å². The van der Waals surface area contributed by atoms with Crippen molar-refractivity contribution in [3.63, 3.8) is 0 Å². The van der Waals surface area contributed by atoms with E-state index in [4.69, 9.17) is 0 Å². The van der Waals surface area contributed by atoms with E-state index >= 15 is 0 Å². The molecule has 0 saturated heterocycles. The maximum Gasteiger partial charge on any atom is 0.240 e. The first-order valence-electron chi connectivity index (χ1n) is 7.06. The van der Waals surface area contributed by atoms with Crippen molar-refractivity contribution in [2.75, 3.05) is 0 Å². The van der Waals surface area contributed by atoms with Crippen LogP contribution in [-0.4, -0.2) is 24.2 Å². The molecule has 6 heteroatoms. The van der Waals surface area contributed by atoms with Gasteiger partial charge < -0.3 is 0 Å². The fourth-order valence-electron chi connectivity index (χ4n) is 1.20. The van der Waals surface area contributed by atoms with E-state index in [1.54, 1.807) is 12.4 Å². The molecule has 20 heavy (non-hydrogen) atoms. The summed E-state index contributed by atoms with van der Waals surface area (Å²) in [4.78, 5) is 22.7. The Morgan fingerprint density at radius 2 is 1.20 bits per heavy atom. The van der Waals surface area contributed by atoms with Crippen molar-refractivity contribution in [2.45, 2.75) is 53.4 Å². The minimum Gasteiger partial charge on any atom is -0.273 e. The van der Waals surface area contributed by atoms with Crippen LogP contribution in [0.1, 0.15) is 53.4 Å². The summed E-state index contributed by atoms with van der Waals surface area (Å²) >= 11 is 0. The van der Waals surface area contributed by atoms with E-state index in [0.29, 0.717) is 37.5 Å². The number of carbonyl (C=O) groups is 2. The molecule has 6 nitrogen and oxygen atoms in total. The highest BCUT2D eigenvalue weighted by Crippen LogP contribution is 2.00. The summed E-state index contributed by atoms with van der Waals surface area (Å²) in [5, 5.41) is 7.64. The molecule has 0 aliphatic rings. The normalized spacial score (nSPS) is 11.7. The van der Waals surface area contributed by atoms with Crippen LogP contribution in [0.4, 0.5) is 0 Å². The van der Waals surface area contributed by atoms with Gasteiger partial charge in [0.1, 0.15) is 0 Å². The molecular weight excluding hydrogens is 256 g/mol. The van der Waals surface area contributed by atoms with Gasteiger partial charge in [-0.1, -0.05) is 27.7 Å². The Morgan fingerprint density at radius 3 is 1.50 bits per heavy atom. The third-order valence-corrected chi connectivity index (χ3v) is 2.18. The summed E-state index contributed by atoms with van der Waals surface area (Å²) in [6.07, 6.45) is 5.42. The Balaban J connectivity index is 3.60. The van der Waals surface area contributed by atoms with Crippen molar-refractivity contribution in [3.8, 4) is 0 Å². The largest absolute Gasteiger partial charge is 0.273 e. The zero-order chi connectivity index (χ0) is 15.4. The maximum atomic E-state index is 11.4. The summed E-state index contributed by atoms with van der Waals surface area (Å²) in [7, 11) is 0. The Labute approximate surface area is 121 Å². The van der Waals surface area contributed by atoms with Crippen LogP contribution >= 0.6 is 0 Å². The van der Waals surface area contributed by atoms with E-state index in [2.05, 4.69) is 21.1 Å². The molecule has 0 saturated carbocycles. The Hall–Kier alpha value is -1.72. The van der Waals surface area contributed by atoms with E-state index in [1.165, 1.54) is 0 Å². The standard InChI is InChI=1S/C14H26N4O2/c1-11(2)9-15-17-13(19)7-5-6-8-14(20)18-16-10-12(3)4/h9-12H,5-8H2,1-4H3,(H,17,19)(H,18,20)/b15-9-,16-10-. The zero-order valence-corrected chi connectivity index (χ0v) is 12.8. The van der Waals surface area contributed by atoms with Gasteiger partial charge in [0.2, 0.25) is 11.8 Å². The second-order valence-electron chi connectivity index (χ2n) is 5.32. The molecular formula is C14H26N4O2. The molecule has 0 aliphatic heterocycles. The fourth-order valence-corrected chi connectivity index (χ4v) is 1.20. The van der Waals surface area contributed by atoms with Gasteiger partial charge in [-0.05, 0) is 24.7 Å². The molecule has 0 aliphatic carbocycles. The van der Waals surface area contributed by atoms with E-state index in [1.807, 2.05) is 27.7 Å². The van der Waals surface area contributed by atoms with Crippen molar-refractivity contribution in [1.29, 1.82) is 0 Å². The lowest BCUT2D eigenvalue weighted by Crippen LogP contribution is -2.19. The molecule has 0 bridgehead atoms. The zero-order valence-electron chi connectivity index (χ0n) is 12.8. The van der Waals surface area contributed by atoms with E-state index in [9.17, 15) is 9.59 Å². The van der Waals surface area contributed by atoms with Crippen LogP contribution < -0.4 is 10.9 Å². The second-order valence-corrected chi connectivity index (χ2v) is 5.32. The number of unbranched alkanes of at least 4 members (excludes halogenated alkanes) is 1. The number of amides is 2. The number of carbonyl (C=O) groups excluding carboxylic acids is 2. The predicted molar refractivity (Wildman–Crippen MR) is 81.4 cm³/mol. The Bertz CT molecular complexity index is 315. The molecule has 2 N–H and O–H groups in total. The molecule has 0 rings (SSSR count). The molecule has 0 spiro atoms. The molecule has 0 aromatic heterocycles. The SMILES string of the molecule is CC(C)/C=N\NC(=O)CCCCC(=O)N/N=C\C(C)C. The van der Waals surface area contributed by atoms with Crippen LogP contribution in [0.2, 0.25) is 0 Å². The lowest BCUT2D eigenvalue weighted by atomic mass is 10.2. The third kappa shape index (κ3) is 12.7. The monoisotopic (exact) mass is 282 g/mol. The van der Waals surface area contributed by atoms with Crippen molar-refractivity contribution >= 4 is 24.2 Å². The summed E-state index contributed by atoms with van der Waals surface area (Å²) in [6, 6.07) is 0. The van der Waals surface area contributed by atoms with Crippen molar-refractivity contribution in [3.05, 3.63) is 0 Å². The number of hydrogen-bond acceptors (Lipinski definition) is 4. The predicted octanol–water partition coefficient (Wildman–Crippen LogP) is 2.06. The van der Waals surface area contributed by atoms with Gasteiger partial charge in [-0.2, -0.15) is 10.2 Å². The van der Waals surface area contributed by atoms with Crippen LogP contribution in [0, 0.1) is 11.8 Å². The first kappa shape index (κ1) is 18.3. The van der Waals surface area contributed by atoms with Crippen LogP contribution in [0.5, 0.6) is 0 Å². The quantitative estimate of drug-likeness (QED) is 0.385. The lowest BCUT2D eigenvalue weighted by Gasteiger charge is -2.01. The minimum atomic E-state index is -0.125. The van der Waals surface area contributed by atoms with Crippen LogP contribution in [0.3, 0.4) is 0 Å². The van der Waals surface area contributed by atoms with Gasteiger partial charge in [-0.3, -0.25) is 9.59 Å². The van der Waals surface area contributed by atoms with Gasteiger partial charge in [0.05, 0.1) is 0 Å². The van der Waals surface area contributed by atoms with Gasteiger partial charge >= 0.3 is 0 Å². The average Bonchev–Trinajstić information content (AvgIpc) is 2.33. The van der Waals surface area contributed by atoms with Crippen molar-refractivity contribution in [1.82, 2.24) is 10.9 Å². The summed E-state index contributed by atoms with van der Waals surface area (Å²) in [5.41, 5.74) is 4.91. The average molecular weight is 282 g/mol. The fraction of sp³-hybridized carbons (Fsp3) is 0.714. The highest BCUT2D eigenvalue weighted by molar-refractivity contribution is 5.78. The highest BCUT2D eigenvalue weighted by Gasteiger charge is 2.02.